The quantitative estimate of drug-likeness (QED) is 0.446. The first-order valence-corrected chi connectivity index (χ1v) is 7.18. The highest BCUT2D eigenvalue weighted by Gasteiger charge is 2.06. The van der Waals surface area contributed by atoms with Crippen molar-refractivity contribution in [2.75, 3.05) is 20.3 Å². The van der Waals surface area contributed by atoms with Crippen molar-refractivity contribution in [2.45, 2.75) is 6.42 Å². The van der Waals surface area contributed by atoms with Crippen LogP contribution in [-0.4, -0.2) is 32.3 Å². The van der Waals surface area contributed by atoms with E-state index in [0.29, 0.717) is 25.2 Å². The van der Waals surface area contributed by atoms with Crippen molar-refractivity contribution in [1.29, 1.82) is 0 Å². The van der Waals surface area contributed by atoms with Crippen LogP contribution in [0.5, 0.6) is 5.75 Å². The first-order chi connectivity index (χ1) is 11.1. The molecule has 0 fully saturated rings. The van der Waals surface area contributed by atoms with Crippen molar-refractivity contribution in [3.63, 3.8) is 0 Å². The molecule has 0 saturated heterocycles. The minimum Gasteiger partial charge on any atom is -0.493 e. The molecule has 2 rings (SSSR count). The van der Waals surface area contributed by atoms with E-state index in [2.05, 4.69) is 6.58 Å². The first-order valence-electron chi connectivity index (χ1n) is 7.18. The second-order valence-electron chi connectivity index (χ2n) is 4.79. The van der Waals surface area contributed by atoms with Crippen LogP contribution in [0.15, 0.2) is 49.1 Å². The van der Waals surface area contributed by atoms with E-state index in [-0.39, 0.29) is 5.97 Å². The Morgan fingerprint density at radius 3 is 2.57 bits per heavy atom. The number of fused-ring (bicyclic) bond motifs is 1. The monoisotopic (exact) mass is 314 g/mol. The maximum atomic E-state index is 11.5. The molecule has 0 amide bonds. The van der Waals surface area contributed by atoms with Crippen molar-refractivity contribution in [2.24, 2.45) is 0 Å². The van der Waals surface area contributed by atoms with Gasteiger partial charge in [-0.2, -0.15) is 0 Å². The molecule has 2 aromatic rings. The van der Waals surface area contributed by atoms with Gasteiger partial charge in [-0.15, -0.1) is 0 Å². The minimum absolute atomic E-state index is 0.293. The van der Waals surface area contributed by atoms with Gasteiger partial charge in [-0.25, -0.2) is 9.59 Å². The summed E-state index contributed by atoms with van der Waals surface area (Å²) in [5.74, 6) is -0.0724. The lowest BCUT2D eigenvalue weighted by Gasteiger charge is -2.08. The Bertz CT molecular complexity index is 720. The van der Waals surface area contributed by atoms with Gasteiger partial charge >= 0.3 is 11.9 Å². The molecule has 0 aliphatic carbocycles. The lowest BCUT2D eigenvalue weighted by Crippen LogP contribution is -2.06. The Labute approximate surface area is 134 Å². The Morgan fingerprint density at radius 2 is 1.83 bits per heavy atom. The van der Waals surface area contributed by atoms with Gasteiger partial charge < -0.3 is 14.2 Å². The van der Waals surface area contributed by atoms with Crippen molar-refractivity contribution in [1.82, 2.24) is 0 Å². The Hall–Kier alpha value is -2.82. The zero-order chi connectivity index (χ0) is 16.7. The van der Waals surface area contributed by atoms with E-state index in [1.165, 1.54) is 7.11 Å². The molecule has 0 bridgehead atoms. The highest BCUT2D eigenvalue weighted by atomic mass is 16.5. The molecule has 0 aliphatic heterocycles. The van der Waals surface area contributed by atoms with Crippen LogP contribution in [0.25, 0.3) is 10.8 Å². The fraction of sp³-hybridized carbons (Fsp3) is 0.222. The summed E-state index contributed by atoms with van der Waals surface area (Å²) >= 11 is 0. The van der Waals surface area contributed by atoms with Gasteiger partial charge in [-0.05, 0) is 35.0 Å². The number of carbonyl (C=O) groups excluding carboxylic acids is 2. The van der Waals surface area contributed by atoms with E-state index in [9.17, 15) is 9.59 Å². The van der Waals surface area contributed by atoms with Crippen LogP contribution >= 0.6 is 0 Å². The molecular weight excluding hydrogens is 296 g/mol. The molecule has 5 heteroatoms. The van der Waals surface area contributed by atoms with Gasteiger partial charge in [0.15, 0.2) is 0 Å². The van der Waals surface area contributed by atoms with Crippen LogP contribution in [0.2, 0.25) is 0 Å². The van der Waals surface area contributed by atoms with Crippen LogP contribution in [-0.2, 0) is 14.3 Å². The zero-order valence-electron chi connectivity index (χ0n) is 12.9. The summed E-state index contributed by atoms with van der Waals surface area (Å²) in [4.78, 5) is 22.4. The number of ether oxygens (including phenoxy) is 3. The predicted molar refractivity (Wildman–Crippen MR) is 86.6 cm³/mol. The molecule has 0 aromatic heterocycles. The number of carbonyl (C=O) groups is 2. The fourth-order valence-electron chi connectivity index (χ4n) is 2.04. The molecule has 120 valence electrons. The summed E-state index contributed by atoms with van der Waals surface area (Å²) in [6, 6.07) is 11.0. The number of methoxy groups -OCH3 is 1. The molecule has 0 spiro atoms. The third-order valence-electron chi connectivity index (χ3n) is 3.20. The van der Waals surface area contributed by atoms with Crippen LogP contribution < -0.4 is 4.74 Å². The summed E-state index contributed by atoms with van der Waals surface area (Å²) in [7, 11) is 1.36. The fourth-order valence-corrected chi connectivity index (χ4v) is 2.04. The van der Waals surface area contributed by atoms with Gasteiger partial charge in [0, 0.05) is 12.5 Å². The molecule has 0 saturated carbocycles. The highest BCUT2D eigenvalue weighted by Crippen LogP contribution is 2.22. The molecule has 0 radical (unpaired) electrons. The lowest BCUT2D eigenvalue weighted by molar-refractivity contribution is -0.137. The van der Waals surface area contributed by atoms with E-state index in [1.54, 1.807) is 12.1 Å². The standard InChI is InChI=1S/C18H18O5/c1-3-17(19)23-10-4-9-22-16-8-7-13-11-15(18(20)21-2)6-5-14(13)12-16/h3,5-8,11-12H,1,4,9-10H2,2H3. The Balaban J connectivity index is 1.94. The SMILES string of the molecule is C=CC(=O)OCCCOc1ccc2cc(C(=O)OC)ccc2c1. The van der Waals surface area contributed by atoms with Crippen molar-refractivity contribution >= 4 is 22.7 Å². The minimum atomic E-state index is -0.433. The van der Waals surface area contributed by atoms with Crippen molar-refractivity contribution in [3.05, 3.63) is 54.6 Å². The van der Waals surface area contributed by atoms with Gasteiger partial charge in [0.05, 0.1) is 25.9 Å². The summed E-state index contributed by atoms with van der Waals surface area (Å²) < 4.78 is 15.2. The molecule has 0 heterocycles. The van der Waals surface area contributed by atoms with Crippen LogP contribution in [0.3, 0.4) is 0 Å². The average Bonchev–Trinajstić information content (AvgIpc) is 2.59. The predicted octanol–water partition coefficient (Wildman–Crippen LogP) is 3.12. The van der Waals surface area contributed by atoms with Gasteiger partial charge in [0.1, 0.15) is 5.75 Å². The Kier molecular flexibility index (Phi) is 5.74. The van der Waals surface area contributed by atoms with E-state index >= 15 is 0 Å². The third kappa shape index (κ3) is 4.57. The first kappa shape index (κ1) is 16.5. The van der Waals surface area contributed by atoms with Gasteiger partial charge in [0.2, 0.25) is 0 Å². The van der Waals surface area contributed by atoms with Gasteiger partial charge in [-0.1, -0.05) is 18.7 Å². The average molecular weight is 314 g/mol. The molecule has 0 atom stereocenters. The zero-order valence-corrected chi connectivity index (χ0v) is 12.9. The molecule has 2 aromatic carbocycles. The number of rotatable bonds is 7. The number of esters is 2. The summed E-state index contributed by atoms with van der Waals surface area (Å²) in [5.41, 5.74) is 0.512. The summed E-state index contributed by atoms with van der Waals surface area (Å²) in [6.07, 6.45) is 1.73. The van der Waals surface area contributed by atoms with E-state index in [4.69, 9.17) is 14.2 Å². The third-order valence-corrected chi connectivity index (χ3v) is 3.20. The maximum Gasteiger partial charge on any atom is 0.337 e. The topological polar surface area (TPSA) is 61.8 Å². The second-order valence-corrected chi connectivity index (χ2v) is 4.79. The second kappa shape index (κ2) is 7.98. The van der Waals surface area contributed by atoms with Crippen LogP contribution in [0.4, 0.5) is 0 Å². The molecule has 0 aliphatic rings. The van der Waals surface area contributed by atoms with E-state index < -0.39 is 5.97 Å². The smallest absolute Gasteiger partial charge is 0.337 e. The van der Waals surface area contributed by atoms with Crippen molar-refractivity contribution in [3.8, 4) is 5.75 Å². The molecular formula is C18H18O5. The van der Waals surface area contributed by atoms with Crippen LogP contribution in [0.1, 0.15) is 16.8 Å². The highest BCUT2D eigenvalue weighted by molar-refractivity contribution is 5.95. The van der Waals surface area contributed by atoms with Crippen LogP contribution in [0, 0.1) is 0 Å². The molecule has 5 nitrogen and oxygen atoms in total. The Morgan fingerprint density at radius 1 is 1.09 bits per heavy atom. The van der Waals surface area contributed by atoms with Crippen molar-refractivity contribution < 1.29 is 23.8 Å². The van der Waals surface area contributed by atoms with Gasteiger partial charge in [0.25, 0.3) is 0 Å². The van der Waals surface area contributed by atoms with E-state index in [0.717, 1.165) is 22.6 Å². The number of hydrogen-bond acceptors (Lipinski definition) is 5. The normalized spacial score (nSPS) is 10.1. The maximum absolute atomic E-state index is 11.5. The molecule has 0 N–H and O–H groups in total. The molecule has 23 heavy (non-hydrogen) atoms. The summed E-state index contributed by atoms with van der Waals surface area (Å²) in [6.45, 7) is 4.06. The molecule has 0 unspecified atom stereocenters. The largest absolute Gasteiger partial charge is 0.493 e. The number of benzene rings is 2. The van der Waals surface area contributed by atoms with E-state index in [1.807, 2.05) is 24.3 Å². The summed E-state index contributed by atoms with van der Waals surface area (Å²) in [5, 5.41) is 1.90. The lowest BCUT2D eigenvalue weighted by atomic mass is 10.1. The van der Waals surface area contributed by atoms with Gasteiger partial charge in [-0.3, -0.25) is 0 Å². The number of hydrogen-bond donors (Lipinski definition) is 0.